The first kappa shape index (κ1) is 18.1. The van der Waals surface area contributed by atoms with Gasteiger partial charge < -0.3 is 5.32 Å². The van der Waals surface area contributed by atoms with Gasteiger partial charge in [-0.2, -0.15) is 0 Å². The zero-order chi connectivity index (χ0) is 17.7. The van der Waals surface area contributed by atoms with Crippen molar-refractivity contribution in [1.82, 2.24) is 0 Å². The molecule has 0 aliphatic carbocycles. The molecule has 4 heteroatoms. The van der Waals surface area contributed by atoms with Crippen molar-refractivity contribution in [3.8, 4) is 0 Å². The van der Waals surface area contributed by atoms with Crippen LogP contribution in [0.15, 0.2) is 59.5 Å². The van der Waals surface area contributed by atoms with Crippen molar-refractivity contribution < 1.29 is 9.00 Å². The number of benzene rings is 2. The second kappa shape index (κ2) is 7.58. The monoisotopic (exact) mass is 341 g/mol. The molecular formula is C20H23NO2S. The summed E-state index contributed by atoms with van der Waals surface area (Å²) in [7, 11) is -1.01. The summed E-state index contributed by atoms with van der Waals surface area (Å²) in [5, 5.41) is 2.79. The first-order chi connectivity index (χ1) is 11.3. The molecule has 3 nitrogen and oxygen atoms in total. The highest BCUT2D eigenvalue weighted by molar-refractivity contribution is 7.84. The lowest BCUT2D eigenvalue weighted by molar-refractivity contribution is -0.111. The molecule has 0 bridgehead atoms. The smallest absolute Gasteiger partial charge is 0.248 e. The van der Waals surface area contributed by atoms with Crippen molar-refractivity contribution in [3.05, 3.63) is 65.7 Å². The predicted molar refractivity (Wildman–Crippen MR) is 102 cm³/mol. The standard InChI is InChI=1S/C20H23NO2S/c1-20(2,3)16-8-5-15(6-9-16)7-14-19(22)21-17-10-12-18(13-11-17)24(4)23/h5-14H,1-4H3,(H,21,22)/b14-7+/t24-/m0/s1. The van der Waals surface area contributed by atoms with Crippen LogP contribution in [0.2, 0.25) is 0 Å². The molecule has 2 rings (SSSR count). The molecule has 0 heterocycles. The summed E-state index contributed by atoms with van der Waals surface area (Å²) in [4.78, 5) is 12.7. The summed E-state index contributed by atoms with van der Waals surface area (Å²) < 4.78 is 11.3. The minimum Gasteiger partial charge on any atom is -0.323 e. The molecule has 0 radical (unpaired) electrons. The highest BCUT2D eigenvalue weighted by atomic mass is 32.2. The summed E-state index contributed by atoms with van der Waals surface area (Å²) in [6.07, 6.45) is 4.93. The minimum absolute atomic E-state index is 0.119. The third-order valence-electron chi connectivity index (χ3n) is 3.66. The van der Waals surface area contributed by atoms with Crippen LogP contribution in [-0.4, -0.2) is 16.4 Å². The third kappa shape index (κ3) is 5.17. The first-order valence-corrected chi connectivity index (χ1v) is 9.34. The van der Waals surface area contributed by atoms with E-state index in [1.165, 1.54) is 11.6 Å². The summed E-state index contributed by atoms with van der Waals surface area (Å²) in [6, 6.07) is 15.2. The van der Waals surface area contributed by atoms with E-state index in [1.54, 1.807) is 36.6 Å². The molecule has 0 aromatic heterocycles. The van der Waals surface area contributed by atoms with E-state index in [2.05, 4.69) is 38.2 Å². The van der Waals surface area contributed by atoms with Gasteiger partial charge in [-0.25, -0.2) is 0 Å². The van der Waals surface area contributed by atoms with Gasteiger partial charge in [-0.15, -0.1) is 0 Å². The Morgan fingerprint density at radius 3 is 2.08 bits per heavy atom. The van der Waals surface area contributed by atoms with Crippen LogP contribution in [0.1, 0.15) is 31.9 Å². The Morgan fingerprint density at radius 1 is 1.00 bits per heavy atom. The molecule has 2 aromatic carbocycles. The first-order valence-electron chi connectivity index (χ1n) is 7.79. The second-order valence-corrected chi connectivity index (χ2v) is 8.05. The Kier molecular flexibility index (Phi) is 5.73. The van der Waals surface area contributed by atoms with Gasteiger partial charge in [-0.3, -0.25) is 9.00 Å². The molecule has 2 aromatic rings. The molecule has 0 unspecified atom stereocenters. The van der Waals surface area contributed by atoms with Gasteiger partial charge in [0.05, 0.1) is 0 Å². The largest absolute Gasteiger partial charge is 0.323 e. The normalized spacial score (nSPS) is 13.0. The van der Waals surface area contributed by atoms with Crippen LogP contribution in [0.5, 0.6) is 0 Å². The van der Waals surface area contributed by atoms with Gasteiger partial charge in [-0.1, -0.05) is 45.0 Å². The molecule has 0 fully saturated rings. The van der Waals surface area contributed by atoms with Crippen LogP contribution in [0.4, 0.5) is 5.69 Å². The molecular weight excluding hydrogens is 318 g/mol. The highest BCUT2D eigenvalue weighted by Gasteiger charge is 2.12. The maximum Gasteiger partial charge on any atom is 0.248 e. The lowest BCUT2D eigenvalue weighted by Gasteiger charge is -2.18. The van der Waals surface area contributed by atoms with Gasteiger partial charge in [0.2, 0.25) is 5.91 Å². The number of carbonyl (C=O) groups is 1. The van der Waals surface area contributed by atoms with E-state index in [0.29, 0.717) is 5.69 Å². The van der Waals surface area contributed by atoms with Crippen molar-refractivity contribution in [3.63, 3.8) is 0 Å². The topological polar surface area (TPSA) is 46.2 Å². The molecule has 24 heavy (non-hydrogen) atoms. The zero-order valence-electron chi connectivity index (χ0n) is 14.5. The zero-order valence-corrected chi connectivity index (χ0v) is 15.3. The molecule has 0 saturated heterocycles. The van der Waals surface area contributed by atoms with Gasteiger partial charge in [0.15, 0.2) is 0 Å². The summed E-state index contributed by atoms with van der Waals surface area (Å²) in [5.41, 5.74) is 3.04. The van der Waals surface area contributed by atoms with Gasteiger partial charge in [0.25, 0.3) is 0 Å². The molecule has 1 N–H and O–H groups in total. The third-order valence-corrected chi connectivity index (χ3v) is 4.59. The van der Waals surface area contributed by atoms with Crippen molar-refractivity contribution in [2.24, 2.45) is 0 Å². The Hall–Kier alpha value is -2.20. The molecule has 1 atom stereocenters. The van der Waals surface area contributed by atoms with E-state index >= 15 is 0 Å². The molecule has 126 valence electrons. The summed E-state index contributed by atoms with van der Waals surface area (Å²) in [5.74, 6) is -0.194. The molecule has 0 spiro atoms. The molecule has 1 amide bonds. The van der Waals surface area contributed by atoms with Crippen LogP contribution in [0.25, 0.3) is 6.08 Å². The Labute approximate surface area is 146 Å². The van der Waals surface area contributed by atoms with E-state index in [-0.39, 0.29) is 11.3 Å². The van der Waals surface area contributed by atoms with E-state index in [4.69, 9.17) is 0 Å². The van der Waals surface area contributed by atoms with Gasteiger partial charge >= 0.3 is 0 Å². The Balaban J connectivity index is 1.98. The predicted octanol–water partition coefficient (Wildman–Crippen LogP) is 4.37. The SMILES string of the molecule is C[S@](=O)c1ccc(NC(=O)/C=C/c2ccc(C(C)(C)C)cc2)cc1. The maximum absolute atomic E-state index is 12.0. The van der Waals surface area contributed by atoms with Gasteiger partial charge in [-0.05, 0) is 46.9 Å². The number of carbonyl (C=O) groups excluding carboxylic acids is 1. The Bertz CT molecular complexity index is 754. The summed E-state index contributed by atoms with van der Waals surface area (Å²) >= 11 is 0. The fourth-order valence-electron chi connectivity index (χ4n) is 2.18. The van der Waals surface area contributed by atoms with E-state index in [1.807, 2.05) is 12.1 Å². The van der Waals surface area contributed by atoms with Crippen LogP contribution in [0, 0.1) is 0 Å². The molecule has 0 aliphatic rings. The average molecular weight is 341 g/mol. The average Bonchev–Trinajstić information content (AvgIpc) is 2.53. The van der Waals surface area contributed by atoms with Crippen molar-refractivity contribution >= 4 is 28.5 Å². The van der Waals surface area contributed by atoms with Crippen LogP contribution in [-0.2, 0) is 21.0 Å². The van der Waals surface area contributed by atoms with E-state index < -0.39 is 10.8 Å². The van der Waals surface area contributed by atoms with E-state index in [0.717, 1.165) is 10.5 Å². The quantitative estimate of drug-likeness (QED) is 0.839. The lowest BCUT2D eigenvalue weighted by Crippen LogP contribution is -2.10. The van der Waals surface area contributed by atoms with Crippen LogP contribution < -0.4 is 5.32 Å². The summed E-state index contributed by atoms with van der Waals surface area (Å²) in [6.45, 7) is 6.51. The van der Waals surface area contributed by atoms with Crippen LogP contribution in [0.3, 0.4) is 0 Å². The van der Waals surface area contributed by atoms with Crippen molar-refractivity contribution in [2.45, 2.75) is 31.1 Å². The second-order valence-electron chi connectivity index (χ2n) is 6.67. The maximum atomic E-state index is 12.0. The van der Waals surface area contributed by atoms with Gasteiger partial charge in [0.1, 0.15) is 0 Å². The number of amides is 1. The van der Waals surface area contributed by atoms with Crippen molar-refractivity contribution in [2.75, 3.05) is 11.6 Å². The molecule has 0 saturated carbocycles. The number of nitrogens with one attached hydrogen (secondary N) is 1. The fourth-order valence-corrected chi connectivity index (χ4v) is 2.70. The minimum atomic E-state index is -1.01. The van der Waals surface area contributed by atoms with Crippen molar-refractivity contribution in [1.29, 1.82) is 0 Å². The van der Waals surface area contributed by atoms with Gasteiger partial charge in [0, 0.05) is 33.7 Å². The van der Waals surface area contributed by atoms with Crippen LogP contribution >= 0.6 is 0 Å². The number of anilines is 1. The molecule has 0 aliphatic heterocycles. The Morgan fingerprint density at radius 2 is 1.58 bits per heavy atom. The number of hydrogen-bond acceptors (Lipinski definition) is 2. The number of hydrogen-bond donors (Lipinski definition) is 1. The highest BCUT2D eigenvalue weighted by Crippen LogP contribution is 2.22. The van der Waals surface area contributed by atoms with E-state index in [9.17, 15) is 9.00 Å². The number of rotatable bonds is 4. The fraction of sp³-hybridized carbons (Fsp3) is 0.250. The lowest BCUT2D eigenvalue weighted by atomic mass is 9.87.